The largest absolute Gasteiger partial charge is 0.487 e. The van der Waals surface area contributed by atoms with E-state index in [-0.39, 0.29) is 12.2 Å². The van der Waals surface area contributed by atoms with Gasteiger partial charge in [0.2, 0.25) is 0 Å². The fourth-order valence-electron chi connectivity index (χ4n) is 2.51. The summed E-state index contributed by atoms with van der Waals surface area (Å²) >= 11 is 0. The quantitative estimate of drug-likeness (QED) is 0.747. The van der Waals surface area contributed by atoms with Crippen molar-refractivity contribution in [2.45, 2.75) is 44.7 Å². The number of para-hydroxylation sites is 1. The lowest BCUT2D eigenvalue weighted by molar-refractivity contribution is -0.149. The SMILES string of the molecule is CC1(C)OCC(C2CCc3ccccc3O2)O1. The Balaban J connectivity index is 1.72. The van der Waals surface area contributed by atoms with Crippen LogP contribution in [0.4, 0.5) is 0 Å². The summed E-state index contributed by atoms with van der Waals surface area (Å²) in [4.78, 5) is 0. The molecule has 92 valence electrons. The monoisotopic (exact) mass is 234 g/mol. The Morgan fingerprint density at radius 3 is 2.76 bits per heavy atom. The second-order valence-corrected chi connectivity index (χ2v) is 5.17. The van der Waals surface area contributed by atoms with Crippen molar-refractivity contribution in [3.05, 3.63) is 29.8 Å². The van der Waals surface area contributed by atoms with Gasteiger partial charge in [-0.1, -0.05) is 18.2 Å². The third-order valence-electron chi connectivity index (χ3n) is 3.39. The van der Waals surface area contributed by atoms with Crippen molar-refractivity contribution in [3.63, 3.8) is 0 Å². The summed E-state index contributed by atoms with van der Waals surface area (Å²) in [6.45, 7) is 4.52. The molecule has 2 aliphatic heterocycles. The number of hydrogen-bond acceptors (Lipinski definition) is 3. The minimum atomic E-state index is -0.467. The lowest BCUT2D eigenvalue weighted by atomic mass is 9.99. The molecule has 2 heterocycles. The summed E-state index contributed by atoms with van der Waals surface area (Å²) in [5.41, 5.74) is 1.29. The summed E-state index contributed by atoms with van der Waals surface area (Å²) in [5.74, 6) is 0.530. The Bertz CT molecular complexity index is 414. The number of benzene rings is 1. The van der Waals surface area contributed by atoms with E-state index in [0.717, 1.165) is 18.6 Å². The molecule has 1 aromatic rings. The van der Waals surface area contributed by atoms with Crippen molar-refractivity contribution in [1.29, 1.82) is 0 Å². The molecule has 0 radical (unpaired) electrons. The maximum Gasteiger partial charge on any atom is 0.163 e. The van der Waals surface area contributed by atoms with Gasteiger partial charge >= 0.3 is 0 Å². The van der Waals surface area contributed by atoms with Crippen molar-refractivity contribution in [3.8, 4) is 5.75 Å². The molecule has 0 aromatic heterocycles. The van der Waals surface area contributed by atoms with Gasteiger partial charge in [-0.05, 0) is 38.3 Å². The van der Waals surface area contributed by atoms with Crippen LogP contribution in [-0.2, 0) is 15.9 Å². The summed E-state index contributed by atoms with van der Waals surface area (Å²) in [7, 11) is 0. The van der Waals surface area contributed by atoms with Crippen molar-refractivity contribution >= 4 is 0 Å². The van der Waals surface area contributed by atoms with Crippen LogP contribution in [0.25, 0.3) is 0 Å². The minimum absolute atomic E-state index is 0.0540. The standard InChI is InChI=1S/C14H18O3/c1-14(2)15-9-13(17-14)12-8-7-10-5-3-4-6-11(10)16-12/h3-6,12-13H,7-9H2,1-2H3. The molecule has 2 unspecified atom stereocenters. The predicted octanol–water partition coefficient (Wildman–Crippen LogP) is 2.53. The van der Waals surface area contributed by atoms with Gasteiger partial charge in [0.05, 0.1) is 6.61 Å². The molecule has 0 N–H and O–H groups in total. The van der Waals surface area contributed by atoms with E-state index in [9.17, 15) is 0 Å². The van der Waals surface area contributed by atoms with E-state index in [1.54, 1.807) is 0 Å². The Labute approximate surface area is 102 Å². The van der Waals surface area contributed by atoms with Gasteiger partial charge in [0.25, 0.3) is 0 Å². The molecule has 2 aliphatic rings. The van der Waals surface area contributed by atoms with Crippen LogP contribution in [0.15, 0.2) is 24.3 Å². The second kappa shape index (κ2) is 4.00. The molecule has 0 saturated carbocycles. The smallest absolute Gasteiger partial charge is 0.163 e. The molecule has 0 bridgehead atoms. The molecule has 2 atom stereocenters. The molecule has 3 nitrogen and oxygen atoms in total. The van der Waals surface area contributed by atoms with Gasteiger partial charge in [-0.2, -0.15) is 0 Å². The first kappa shape index (κ1) is 11.1. The molecular formula is C14H18O3. The van der Waals surface area contributed by atoms with Crippen molar-refractivity contribution in [2.75, 3.05) is 6.61 Å². The molecule has 0 spiro atoms. The zero-order valence-corrected chi connectivity index (χ0v) is 10.3. The lowest BCUT2D eigenvalue weighted by Crippen LogP contribution is -2.37. The topological polar surface area (TPSA) is 27.7 Å². The number of aryl methyl sites for hydroxylation is 1. The minimum Gasteiger partial charge on any atom is -0.487 e. The molecule has 0 aliphatic carbocycles. The first-order valence-corrected chi connectivity index (χ1v) is 6.20. The Morgan fingerprint density at radius 1 is 1.18 bits per heavy atom. The van der Waals surface area contributed by atoms with Crippen molar-refractivity contribution in [2.24, 2.45) is 0 Å². The molecule has 0 amide bonds. The van der Waals surface area contributed by atoms with Gasteiger partial charge in [0.1, 0.15) is 18.0 Å². The molecule has 3 heteroatoms. The average Bonchev–Trinajstić information content (AvgIpc) is 2.69. The molecule has 3 rings (SSSR count). The highest BCUT2D eigenvalue weighted by atomic mass is 16.7. The number of ether oxygens (including phenoxy) is 3. The zero-order chi connectivity index (χ0) is 11.9. The lowest BCUT2D eigenvalue weighted by Gasteiger charge is -2.29. The second-order valence-electron chi connectivity index (χ2n) is 5.17. The summed E-state index contributed by atoms with van der Waals surface area (Å²) in [5, 5.41) is 0. The van der Waals surface area contributed by atoms with Gasteiger partial charge in [0, 0.05) is 0 Å². The number of fused-ring (bicyclic) bond motifs is 1. The van der Waals surface area contributed by atoms with E-state index in [2.05, 4.69) is 12.1 Å². The highest BCUT2D eigenvalue weighted by Crippen LogP contribution is 2.33. The fraction of sp³-hybridized carbons (Fsp3) is 0.571. The van der Waals surface area contributed by atoms with Gasteiger partial charge in [-0.25, -0.2) is 0 Å². The van der Waals surface area contributed by atoms with Crippen LogP contribution in [0.3, 0.4) is 0 Å². The fourth-order valence-corrected chi connectivity index (χ4v) is 2.51. The summed E-state index contributed by atoms with van der Waals surface area (Å²) in [6, 6.07) is 8.22. The van der Waals surface area contributed by atoms with Crippen LogP contribution in [0.2, 0.25) is 0 Å². The molecular weight excluding hydrogens is 216 g/mol. The Hall–Kier alpha value is -1.06. The summed E-state index contributed by atoms with van der Waals surface area (Å²) in [6.07, 6.45) is 2.23. The zero-order valence-electron chi connectivity index (χ0n) is 10.3. The van der Waals surface area contributed by atoms with Crippen LogP contribution in [0.5, 0.6) is 5.75 Å². The highest BCUT2D eigenvalue weighted by molar-refractivity contribution is 5.35. The first-order chi connectivity index (χ1) is 8.14. The van der Waals surface area contributed by atoms with Crippen LogP contribution >= 0.6 is 0 Å². The van der Waals surface area contributed by atoms with E-state index in [4.69, 9.17) is 14.2 Å². The van der Waals surface area contributed by atoms with Crippen molar-refractivity contribution < 1.29 is 14.2 Å². The molecule has 1 saturated heterocycles. The van der Waals surface area contributed by atoms with Gasteiger partial charge in [0.15, 0.2) is 5.79 Å². The Kier molecular flexibility index (Phi) is 2.60. The Morgan fingerprint density at radius 2 is 2.00 bits per heavy atom. The van der Waals surface area contributed by atoms with E-state index in [1.807, 2.05) is 26.0 Å². The van der Waals surface area contributed by atoms with Crippen LogP contribution in [-0.4, -0.2) is 24.6 Å². The average molecular weight is 234 g/mol. The third-order valence-corrected chi connectivity index (χ3v) is 3.39. The number of hydrogen-bond donors (Lipinski definition) is 0. The van der Waals surface area contributed by atoms with Crippen LogP contribution in [0.1, 0.15) is 25.8 Å². The van der Waals surface area contributed by atoms with Gasteiger partial charge in [-0.3, -0.25) is 0 Å². The van der Waals surface area contributed by atoms with E-state index < -0.39 is 5.79 Å². The highest BCUT2D eigenvalue weighted by Gasteiger charge is 2.39. The normalized spacial score (nSPS) is 30.7. The molecule has 17 heavy (non-hydrogen) atoms. The van der Waals surface area contributed by atoms with Crippen molar-refractivity contribution in [1.82, 2.24) is 0 Å². The maximum absolute atomic E-state index is 6.00. The van der Waals surface area contributed by atoms with Gasteiger partial charge in [-0.15, -0.1) is 0 Å². The van der Waals surface area contributed by atoms with Crippen LogP contribution in [0, 0.1) is 0 Å². The predicted molar refractivity (Wildman–Crippen MR) is 64.1 cm³/mol. The third kappa shape index (κ3) is 2.17. The van der Waals surface area contributed by atoms with Gasteiger partial charge < -0.3 is 14.2 Å². The maximum atomic E-state index is 6.00. The molecule has 1 aromatic carbocycles. The summed E-state index contributed by atoms with van der Waals surface area (Å²) < 4.78 is 17.5. The first-order valence-electron chi connectivity index (χ1n) is 6.20. The molecule has 1 fully saturated rings. The van der Waals surface area contributed by atoms with E-state index in [1.165, 1.54) is 5.56 Å². The van der Waals surface area contributed by atoms with Crippen LogP contribution < -0.4 is 4.74 Å². The van der Waals surface area contributed by atoms with E-state index >= 15 is 0 Å². The van der Waals surface area contributed by atoms with E-state index in [0.29, 0.717) is 6.61 Å². The number of rotatable bonds is 1.